The standard InChI is InChI=1S/C9H16N2O3/c1-11-2-6-4-14-5-7(3-11)9(6,10)8(12)13/h6-7H,2-5,10H2,1H3,(H,12,13). The molecule has 2 bridgehead atoms. The lowest BCUT2D eigenvalue weighted by Crippen LogP contribution is -2.71. The summed E-state index contributed by atoms with van der Waals surface area (Å²) in [6.45, 7) is 2.34. The molecular weight excluding hydrogens is 184 g/mol. The van der Waals surface area contributed by atoms with Crippen molar-refractivity contribution < 1.29 is 14.6 Å². The van der Waals surface area contributed by atoms with E-state index in [1.54, 1.807) is 0 Å². The highest BCUT2D eigenvalue weighted by Gasteiger charge is 2.54. The van der Waals surface area contributed by atoms with Gasteiger partial charge in [0.15, 0.2) is 0 Å². The summed E-state index contributed by atoms with van der Waals surface area (Å²) in [6.07, 6.45) is 0. The first-order valence-corrected chi connectivity index (χ1v) is 4.83. The van der Waals surface area contributed by atoms with E-state index in [9.17, 15) is 9.90 Å². The van der Waals surface area contributed by atoms with E-state index in [1.165, 1.54) is 0 Å². The Balaban J connectivity index is 2.28. The number of likely N-dealkylation sites (tertiary alicyclic amines) is 1. The minimum Gasteiger partial charge on any atom is -0.480 e. The highest BCUT2D eigenvalue weighted by atomic mass is 16.5. The van der Waals surface area contributed by atoms with Crippen molar-refractivity contribution in [1.82, 2.24) is 4.90 Å². The van der Waals surface area contributed by atoms with Gasteiger partial charge >= 0.3 is 5.97 Å². The Bertz CT molecular complexity index is 242. The normalized spacial score (nSPS) is 43.6. The summed E-state index contributed by atoms with van der Waals surface area (Å²) in [5, 5.41) is 9.19. The number of ether oxygens (including phenoxy) is 1. The Morgan fingerprint density at radius 1 is 1.50 bits per heavy atom. The molecule has 2 unspecified atom stereocenters. The number of nitrogens with two attached hydrogens (primary N) is 1. The monoisotopic (exact) mass is 200 g/mol. The number of fused-ring (bicyclic) bond motifs is 2. The quantitative estimate of drug-likeness (QED) is 0.566. The lowest BCUT2D eigenvalue weighted by atomic mass is 9.70. The first-order valence-electron chi connectivity index (χ1n) is 4.83. The van der Waals surface area contributed by atoms with Gasteiger partial charge in [0, 0.05) is 24.9 Å². The number of rotatable bonds is 1. The van der Waals surface area contributed by atoms with Crippen molar-refractivity contribution >= 4 is 5.97 Å². The molecule has 2 fully saturated rings. The molecule has 2 heterocycles. The van der Waals surface area contributed by atoms with Crippen molar-refractivity contribution in [2.45, 2.75) is 5.54 Å². The smallest absolute Gasteiger partial charge is 0.324 e. The Morgan fingerprint density at radius 3 is 2.43 bits per heavy atom. The summed E-state index contributed by atoms with van der Waals surface area (Å²) in [6, 6.07) is 0. The summed E-state index contributed by atoms with van der Waals surface area (Å²) in [5.74, 6) is -1.06. The molecule has 2 aliphatic rings. The van der Waals surface area contributed by atoms with Crippen molar-refractivity contribution in [3.8, 4) is 0 Å². The third-order valence-electron chi connectivity index (χ3n) is 3.42. The molecule has 0 radical (unpaired) electrons. The van der Waals surface area contributed by atoms with Crippen LogP contribution in [0.5, 0.6) is 0 Å². The van der Waals surface area contributed by atoms with Gasteiger partial charge in [-0.2, -0.15) is 0 Å². The maximum Gasteiger partial charge on any atom is 0.324 e. The van der Waals surface area contributed by atoms with Gasteiger partial charge in [-0.05, 0) is 7.05 Å². The second-order valence-electron chi connectivity index (χ2n) is 4.39. The minimum atomic E-state index is -1.08. The van der Waals surface area contributed by atoms with Crippen LogP contribution in [-0.2, 0) is 9.53 Å². The molecular formula is C9H16N2O3. The van der Waals surface area contributed by atoms with Gasteiger partial charge in [-0.3, -0.25) is 4.79 Å². The SMILES string of the molecule is CN1CC2COCC(C1)C2(N)C(=O)O. The number of carboxylic acids is 1. The van der Waals surface area contributed by atoms with E-state index in [0.29, 0.717) is 26.3 Å². The number of piperidine rings is 1. The van der Waals surface area contributed by atoms with E-state index in [-0.39, 0.29) is 11.8 Å². The molecule has 3 N–H and O–H groups in total. The molecule has 0 spiro atoms. The molecule has 0 aliphatic carbocycles. The van der Waals surface area contributed by atoms with E-state index >= 15 is 0 Å². The highest BCUT2D eigenvalue weighted by molar-refractivity contribution is 5.80. The molecule has 5 nitrogen and oxygen atoms in total. The van der Waals surface area contributed by atoms with Crippen LogP contribution < -0.4 is 5.73 Å². The third-order valence-corrected chi connectivity index (χ3v) is 3.42. The Morgan fingerprint density at radius 2 is 2.00 bits per heavy atom. The van der Waals surface area contributed by atoms with Crippen LogP contribution in [0.3, 0.4) is 0 Å². The van der Waals surface area contributed by atoms with Gasteiger partial charge in [-0.15, -0.1) is 0 Å². The number of aliphatic carboxylic acids is 1. The molecule has 0 aromatic carbocycles. The van der Waals surface area contributed by atoms with Crippen molar-refractivity contribution in [1.29, 1.82) is 0 Å². The molecule has 0 saturated carbocycles. The zero-order valence-corrected chi connectivity index (χ0v) is 8.27. The average Bonchev–Trinajstić information content (AvgIpc) is 2.07. The van der Waals surface area contributed by atoms with Crippen LogP contribution in [0.15, 0.2) is 0 Å². The second kappa shape index (κ2) is 3.18. The van der Waals surface area contributed by atoms with Crippen LogP contribution in [0.4, 0.5) is 0 Å². The first-order chi connectivity index (χ1) is 6.55. The fourth-order valence-corrected chi connectivity index (χ4v) is 2.55. The summed E-state index contributed by atoms with van der Waals surface area (Å²) in [5.41, 5.74) is 4.93. The minimum absolute atomic E-state index is 0.0856. The molecule has 2 aliphatic heterocycles. The zero-order valence-electron chi connectivity index (χ0n) is 8.27. The second-order valence-corrected chi connectivity index (χ2v) is 4.39. The van der Waals surface area contributed by atoms with Crippen molar-refractivity contribution in [2.24, 2.45) is 17.6 Å². The van der Waals surface area contributed by atoms with Crippen LogP contribution in [0.2, 0.25) is 0 Å². The van der Waals surface area contributed by atoms with Gasteiger partial charge in [0.2, 0.25) is 0 Å². The van der Waals surface area contributed by atoms with Crippen LogP contribution in [-0.4, -0.2) is 54.9 Å². The summed E-state index contributed by atoms with van der Waals surface area (Å²) < 4.78 is 5.36. The molecule has 80 valence electrons. The number of carbonyl (C=O) groups is 1. The fraction of sp³-hybridized carbons (Fsp3) is 0.889. The maximum absolute atomic E-state index is 11.2. The van der Waals surface area contributed by atoms with Gasteiger partial charge in [0.05, 0.1) is 13.2 Å². The van der Waals surface area contributed by atoms with E-state index in [4.69, 9.17) is 10.5 Å². The van der Waals surface area contributed by atoms with Gasteiger partial charge in [0.1, 0.15) is 5.54 Å². The molecule has 14 heavy (non-hydrogen) atoms. The van der Waals surface area contributed by atoms with Crippen molar-refractivity contribution in [3.05, 3.63) is 0 Å². The lowest BCUT2D eigenvalue weighted by molar-refractivity contribution is -0.164. The molecule has 5 heteroatoms. The van der Waals surface area contributed by atoms with Crippen LogP contribution in [0.1, 0.15) is 0 Å². The van der Waals surface area contributed by atoms with Crippen molar-refractivity contribution in [2.75, 3.05) is 33.4 Å². The zero-order chi connectivity index (χ0) is 10.3. The Hall–Kier alpha value is -0.650. The van der Waals surface area contributed by atoms with E-state index < -0.39 is 11.5 Å². The molecule has 0 aromatic heterocycles. The van der Waals surface area contributed by atoms with Crippen LogP contribution >= 0.6 is 0 Å². The molecule has 0 aromatic rings. The Kier molecular flexibility index (Phi) is 2.25. The number of hydrogen-bond acceptors (Lipinski definition) is 4. The fourth-order valence-electron chi connectivity index (χ4n) is 2.55. The molecule has 2 atom stereocenters. The number of nitrogens with zero attached hydrogens (tertiary/aromatic N) is 1. The number of carboxylic acid groups (broad SMARTS) is 1. The van der Waals surface area contributed by atoms with E-state index in [1.807, 2.05) is 7.05 Å². The Labute approximate surface area is 82.8 Å². The van der Waals surface area contributed by atoms with E-state index in [0.717, 1.165) is 0 Å². The summed E-state index contributed by atoms with van der Waals surface area (Å²) in [7, 11) is 1.99. The molecule has 2 rings (SSSR count). The maximum atomic E-state index is 11.2. The summed E-state index contributed by atoms with van der Waals surface area (Å²) in [4.78, 5) is 13.3. The first kappa shape index (κ1) is 9.89. The average molecular weight is 200 g/mol. The number of hydrogen-bond donors (Lipinski definition) is 2. The summed E-state index contributed by atoms with van der Waals surface area (Å²) >= 11 is 0. The largest absolute Gasteiger partial charge is 0.480 e. The lowest BCUT2D eigenvalue weighted by Gasteiger charge is -2.50. The molecule has 0 amide bonds. The third kappa shape index (κ3) is 1.24. The van der Waals surface area contributed by atoms with Crippen molar-refractivity contribution in [3.63, 3.8) is 0 Å². The van der Waals surface area contributed by atoms with Gasteiger partial charge in [-0.1, -0.05) is 0 Å². The molecule has 2 saturated heterocycles. The predicted octanol–water partition coefficient (Wildman–Crippen LogP) is -1.02. The van der Waals surface area contributed by atoms with Gasteiger partial charge < -0.3 is 20.5 Å². The van der Waals surface area contributed by atoms with E-state index in [2.05, 4.69) is 4.90 Å². The topological polar surface area (TPSA) is 75.8 Å². The highest BCUT2D eigenvalue weighted by Crippen LogP contribution is 2.34. The van der Waals surface area contributed by atoms with Crippen LogP contribution in [0, 0.1) is 11.8 Å². The van der Waals surface area contributed by atoms with Crippen LogP contribution in [0.25, 0.3) is 0 Å². The predicted molar refractivity (Wildman–Crippen MR) is 49.9 cm³/mol. The van der Waals surface area contributed by atoms with Gasteiger partial charge in [0.25, 0.3) is 0 Å². The van der Waals surface area contributed by atoms with Gasteiger partial charge in [-0.25, -0.2) is 0 Å².